The highest BCUT2D eigenvalue weighted by molar-refractivity contribution is 5.95. The number of nitrogens with zero attached hydrogens (tertiary/aromatic N) is 4. The Morgan fingerprint density at radius 1 is 1.13 bits per heavy atom. The number of hydrogen-bond acceptors (Lipinski definition) is 7. The zero-order chi connectivity index (χ0) is 20.7. The second kappa shape index (κ2) is 7.21. The second-order valence-electron chi connectivity index (χ2n) is 8.10. The lowest BCUT2D eigenvalue weighted by Gasteiger charge is -2.52. The van der Waals surface area contributed by atoms with E-state index in [4.69, 9.17) is 20.4 Å². The molecule has 1 spiro atoms. The summed E-state index contributed by atoms with van der Waals surface area (Å²) in [6, 6.07) is 11.1. The predicted octanol–water partition coefficient (Wildman–Crippen LogP) is 2.25. The van der Waals surface area contributed by atoms with Crippen LogP contribution >= 0.6 is 0 Å². The third-order valence-electron chi connectivity index (χ3n) is 6.11. The molecule has 2 saturated heterocycles. The first-order valence-electron chi connectivity index (χ1n) is 10.2. The van der Waals surface area contributed by atoms with Gasteiger partial charge in [0, 0.05) is 49.9 Å². The molecular formula is C22H24N6O2. The molecule has 8 nitrogen and oxygen atoms in total. The van der Waals surface area contributed by atoms with Crippen LogP contribution in [0.1, 0.15) is 23.2 Å². The van der Waals surface area contributed by atoms with E-state index in [0.717, 1.165) is 55.8 Å². The van der Waals surface area contributed by atoms with E-state index in [9.17, 15) is 4.79 Å². The summed E-state index contributed by atoms with van der Waals surface area (Å²) in [5, 5.41) is 3.37. The Labute approximate surface area is 174 Å². The van der Waals surface area contributed by atoms with E-state index < -0.39 is 0 Å². The van der Waals surface area contributed by atoms with Gasteiger partial charge in [0.1, 0.15) is 5.82 Å². The number of aromatic nitrogens is 3. The number of rotatable bonds is 3. The Morgan fingerprint density at radius 3 is 2.70 bits per heavy atom. The number of nitrogens with one attached hydrogen (secondary N) is 1. The number of nitrogens with two attached hydrogens (primary N) is 1. The third-order valence-corrected chi connectivity index (χ3v) is 6.11. The molecule has 0 radical (unpaired) electrons. The molecule has 3 N–H and O–H groups in total. The minimum atomic E-state index is -0.133. The Kier molecular flexibility index (Phi) is 4.51. The van der Waals surface area contributed by atoms with Gasteiger partial charge in [-0.25, -0.2) is 4.98 Å². The van der Waals surface area contributed by atoms with E-state index in [1.54, 1.807) is 13.1 Å². The van der Waals surface area contributed by atoms with Gasteiger partial charge in [-0.15, -0.1) is 0 Å². The minimum absolute atomic E-state index is 0.133. The fourth-order valence-electron chi connectivity index (χ4n) is 4.31. The number of pyridine rings is 1. The number of hydrogen-bond donors (Lipinski definition) is 2. The topological polar surface area (TPSA) is 106 Å². The summed E-state index contributed by atoms with van der Waals surface area (Å²) in [6.07, 6.45) is 2.16. The molecule has 1 aromatic carbocycles. The molecule has 2 aliphatic rings. The van der Waals surface area contributed by atoms with Gasteiger partial charge in [-0.1, -0.05) is 12.1 Å². The minimum Gasteiger partial charge on any atom is -0.383 e. The first-order chi connectivity index (χ1) is 14.6. The van der Waals surface area contributed by atoms with Gasteiger partial charge >= 0.3 is 0 Å². The quantitative estimate of drug-likeness (QED) is 0.689. The molecule has 154 valence electrons. The highest BCUT2D eigenvalue weighted by Crippen LogP contribution is 2.41. The SMILES string of the molecule is CNC(=O)c1cccc(-c2ccc3c(N)nc(N4CC5(CCOCC5)C4)nc3n2)c1. The van der Waals surface area contributed by atoms with E-state index in [1.165, 1.54) is 0 Å². The number of amides is 1. The van der Waals surface area contributed by atoms with Gasteiger partial charge in [-0.3, -0.25) is 4.79 Å². The van der Waals surface area contributed by atoms with Crippen LogP contribution in [0.15, 0.2) is 36.4 Å². The highest BCUT2D eigenvalue weighted by atomic mass is 16.5. The monoisotopic (exact) mass is 404 g/mol. The molecule has 0 atom stereocenters. The van der Waals surface area contributed by atoms with Crippen molar-refractivity contribution in [1.82, 2.24) is 20.3 Å². The van der Waals surface area contributed by atoms with Crippen molar-refractivity contribution in [2.45, 2.75) is 12.8 Å². The van der Waals surface area contributed by atoms with Gasteiger partial charge in [0.2, 0.25) is 5.95 Å². The van der Waals surface area contributed by atoms with Crippen LogP contribution in [-0.4, -0.2) is 54.2 Å². The molecule has 0 unspecified atom stereocenters. The summed E-state index contributed by atoms with van der Waals surface area (Å²) in [6.45, 7) is 3.51. The van der Waals surface area contributed by atoms with E-state index in [1.807, 2.05) is 30.3 Å². The Morgan fingerprint density at radius 2 is 1.93 bits per heavy atom. The van der Waals surface area contributed by atoms with Crippen molar-refractivity contribution in [2.75, 3.05) is 44.0 Å². The molecule has 2 aliphatic heterocycles. The standard InChI is InChI=1S/C22H24N6O2/c1-24-20(29)15-4-2-3-14(11-15)17-6-5-16-18(23)26-21(27-19(16)25-17)28-12-22(13-28)7-9-30-10-8-22/h2-6,11H,7-10,12-13H2,1H3,(H,24,29)(H2,23,25,26,27). The van der Waals surface area contributed by atoms with Gasteiger partial charge in [-0.05, 0) is 37.1 Å². The molecule has 30 heavy (non-hydrogen) atoms. The second-order valence-corrected chi connectivity index (χ2v) is 8.10. The van der Waals surface area contributed by atoms with E-state index in [0.29, 0.717) is 28.4 Å². The van der Waals surface area contributed by atoms with E-state index in [-0.39, 0.29) is 5.91 Å². The number of carbonyl (C=O) groups is 1. The average molecular weight is 404 g/mol. The van der Waals surface area contributed by atoms with Crippen molar-refractivity contribution in [3.05, 3.63) is 42.0 Å². The van der Waals surface area contributed by atoms with Crippen LogP contribution in [0.5, 0.6) is 0 Å². The molecular weight excluding hydrogens is 380 g/mol. The zero-order valence-electron chi connectivity index (χ0n) is 16.9. The number of nitrogen functional groups attached to an aromatic ring is 1. The molecule has 2 aromatic heterocycles. The van der Waals surface area contributed by atoms with E-state index in [2.05, 4.69) is 15.2 Å². The average Bonchev–Trinajstić information content (AvgIpc) is 2.77. The lowest BCUT2D eigenvalue weighted by atomic mass is 9.73. The summed E-state index contributed by atoms with van der Waals surface area (Å²) in [5.41, 5.74) is 9.28. The summed E-state index contributed by atoms with van der Waals surface area (Å²) >= 11 is 0. The van der Waals surface area contributed by atoms with Crippen molar-refractivity contribution in [1.29, 1.82) is 0 Å². The molecule has 0 bridgehead atoms. The lowest BCUT2D eigenvalue weighted by Crippen LogP contribution is -2.59. The van der Waals surface area contributed by atoms with Gasteiger partial charge < -0.3 is 20.7 Å². The third kappa shape index (κ3) is 3.23. The van der Waals surface area contributed by atoms with Crippen LogP contribution in [0.25, 0.3) is 22.3 Å². The van der Waals surface area contributed by atoms with Crippen LogP contribution in [-0.2, 0) is 4.74 Å². The summed E-state index contributed by atoms with van der Waals surface area (Å²) in [7, 11) is 1.62. The normalized spacial score (nSPS) is 17.7. The van der Waals surface area contributed by atoms with Crippen LogP contribution in [0, 0.1) is 5.41 Å². The smallest absolute Gasteiger partial charge is 0.251 e. The molecule has 3 aromatic rings. The maximum atomic E-state index is 12.0. The predicted molar refractivity (Wildman–Crippen MR) is 115 cm³/mol. The fourth-order valence-corrected chi connectivity index (χ4v) is 4.31. The van der Waals surface area contributed by atoms with Crippen LogP contribution < -0.4 is 16.0 Å². The lowest BCUT2D eigenvalue weighted by molar-refractivity contribution is -0.000712. The van der Waals surface area contributed by atoms with E-state index >= 15 is 0 Å². The Hall–Kier alpha value is -3.26. The van der Waals surface area contributed by atoms with Crippen LogP contribution in [0.3, 0.4) is 0 Å². The maximum Gasteiger partial charge on any atom is 0.251 e. The molecule has 8 heteroatoms. The summed E-state index contributed by atoms with van der Waals surface area (Å²) in [5.74, 6) is 0.924. The molecule has 0 saturated carbocycles. The van der Waals surface area contributed by atoms with Gasteiger partial charge in [0.25, 0.3) is 5.91 Å². The molecule has 2 fully saturated rings. The van der Waals surface area contributed by atoms with Crippen molar-refractivity contribution in [3.63, 3.8) is 0 Å². The number of benzene rings is 1. The maximum absolute atomic E-state index is 12.0. The van der Waals surface area contributed by atoms with Crippen molar-refractivity contribution in [3.8, 4) is 11.3 Å². The first-order valence-corrected chi connectivity index (χ1v) is 10.2. The summed E-state index contributed by atoms with van der Waals surface area (Å²) in [4.78, 5) is 28.1. The Balaban J connectivity index is 1.46. The first kappa shape index (κ1) is 18.7. The van der Waals surface area contributed by atoms with Gasteiger partial charge in [0.05, 0.1) is 11.1 Å². The van der Waals surface area contributed by atoms with Crippen molar-refractivity contribution in [2.24, 2.45) is 5.41 Å². The largest absolute Gasteiger partial charge is 0.383 e. The zero-order valence-corrected chi connectivity index (χ0v) is 16.9. The highest BCUT2D eigenvalue weighted by Gasteiger charge is 2.45. The molecule has 5 rings (SSSR count). The number of anilines is 2. The fraction of sp³-hybridized carbons (Fsp3) is 0.364. The number of ether oxygens (including phenoxy) is 1. The number of carbonyl (C=O) groups excluding carboxylic acids is 1. The van der Waals surface area contributed by atoms with Crippen molar-refractivity contribution < 1.29 is 9.53 Å². The molecule has 1 amide bonds. The van der Waals surface area contributed by atoms with Crippen molar-refractivity contribution >= 4 is 28.7 Å². The summed E-state index contributed by atoms with van der Waals surface area (Å²) < 4.78 is 5.50. The Bertz CT molecular complexity index is 1120. The van der Waals surface area contributed by atoms with Gasteiger partial charge in [0.15, 0.2) is 5.65 Å². The molecule has 4 heterocycles. The van der Waals surface area contributed by atoms with Crippen LogP contribution in [0.4, 0.5) is 11.8 Å². The van der Waals surface area contributed by atoms with Crippen LogP contribution in [0.2, 0.25) is 0 Å². The molecule has 0 aliphatic carbocycles. The number of fused-ring (bicyclic) bond motifs is 1. The van der Waals surface area contributed by atoms with Gasteiger partial charge in [-0.2, -0.15) is 9.97 Å².